The van der Waals surface area contributed by atoms with Crippen LogP contribution in [0.25, 0.3) is 11.4 Å². The molecule has 0 fully saturated rings. The van der Waals surface area contributed by atoms with Gasteiger partial charge in [0.05, 0.1) is 5.56 Å². The maximum Gasteiger partial charge on any atom is 0.185 e. The fraction of sp³-hybridized carbons (Fsp3) is 0. The number of halogens is 2. The average molecular weight is 213 g/mol. The predicted octanol–water partition coefficient (Wildman–Crippen LogP) is 2.04. The molecule has 2 rings (SSSR count). The third-order valence-electron chi connectivity index (χ3n) is 1.66. The Morgan fingerprint density at radius 1 is 1.21 bits per heavy atom. The molecule has 1 heterocycles. The van der Waals surface area contributed by atoms with E-state index in [4.69, 9.17) is 0 Å². The summed E-state index contributed by atoms with van der Waals surface area (Å²) in [6.07, 6.45) is 0. The second-order valence-corrected chi connectivity index (χ2v) is 3.04. The highest BCUT2D eigenvalue weighted by Crippen LogP contribution is 2.19. The minimum atomic E-state index is -0.686. The second-order valence-electron chi connectivity index (χ2n) is 2.62. The highest BCUT2D eigenvalue weighted by Gasteiger charge is 2.09. The van der Waals surface area contributed by atoms with Gasteiger partial charge >= 0.3 is 0 Å². The molecule has 2 aromatic rings. The Labute approximate surface area is 83.6 Å². The van der Waals surface area contributed by atoms with Crippen molar-refractivity contribution in [3.05, 3.63) is 29.8 Å². The normalized spacial score (nSPS) is 10.5. The lowest BCUT2D eigenvalue weighted by molar-refractivity contribution is 0.585. The van der Waals surface area contributed by atoms with Crippen molar-refractivity contribution in [1.29, 1.82) is 0 Å². The number of hydrogen-bond acceptors (Lipinski definition) is 3. The van der Waals surface area contributed by atoms with Crippen molar-refractivity contribution in [1.82, 2.24) is 15.2 Å². The number of aromatic nitrogens is 3. The van der Waals surface area contributed by atoms with E-state index < -0.39 is 11.6 Å². The SMILES string of the molecule is Fc1ccc(-c2nnc(S)[nH]2)c(F)c1. The number of thiol groups is 1. The summed E-state index contributed by atoms with van der Waals surface area (Å²) < 4.78 is 25.8. The van der Waals surface area contributed by atoms with Gasteiger partial charge in [-0.2, -0.15) is 0 Å². The molecule has 0 unspecified atom stereocenters. The van der Waals surface area contributed by atoms with Crippen LogP contribution in [0.2, 0.25) is 0 Å². The highest BCUT2D eigenvalue weighted by molar-refractivity contribution is 7.80. The van der Waals surface area contributed by atoms with Crippen molar-refractivity contribution < 1.29 is 8.78 Å². The summed E-state index contributed by atoms with van der Waals surface area (Å²) in [6.45, 7) is 0. The van der Waals surface area contributed by atoms with Crippen molar-refractivity contribution in [3.8, 4) is 11.4 Å². The highest BCUT2D eigenvalue weighted by atomic mass is 32.1. The van der Waals surface area contributed by atoms with Crippen LogP contribution in [0.1, 0.15) is 0 Å². The Morgan fingerprint density at radius 3 is 2.57 bits per heavy atom. The molecule has 0 aliphatic rings. The standard InChI is InChI=1S/C8H5F2N3S/c9-4-1-2-5(6(10)3-4)7-11-8(14)13-12-7/h1-3H,(H2,11,12,13,14). The van der Waals surface area contributed by atoms with E-state index in [1.165, 1.54) is 6.07 Å². The van der Waals surface area contributed by atoms with Crippen molar-refractivity contribution in [2.75, 3.05) is 0 Å². The lowest BCUT2D eigenvalue weighted by Crippen LogP contribution is -1.87. The monoisotopic (exact) mass is 213 g/mol. The maximum absolute atomic E-state index is 13.2. The molecule has 1 aromatic carbocycles. The summed E-state index contributed by atoms with van der Waals surface area (Å²) in [5.74, 6) is -1.08. The lowest BCUT2D eigenvalue weighted by atomic mass is 10.2. The summed E-state index contributed by atoms with van der Waals surface area (Å²) in [6, 6.07) is 3.23. The topological polar surface area (TPSA) is 41.6 Å². The second kappa shape index (κ2) is 3.38. The minimum absolute atomic E-state index is 0.166. The first kappa shape index (κ1) is 9.14. The number of rotatable bonds is 1. The van der Waals surface area contributed by atoms with Gasteiger partial charge in [-0.15, -0.1) is 22.8 Å². The maximum atomic E-state index is 13.2. The van der Waals surface area contributed by atoms with Gasteiger partial charge in [0, 0.05) is 6.07 Å². The zero-order valence-electron chi connectivity index (χ0n) is 6.83. The third kappa shape index (κ3) is 1.60. The molecule has 0 radical (unpaired) electrons. The van der Waals surface area contributed by atoms with E-state index >= 15 is 0 Å². The van der Waals surface area contributed by atoms with Gasteiger partial charge in [0.1, 0.15) is 11.6 Å². The van der Waals surface area contributed by atoms with Crippen LogP contribution in [0.3, 0.4) is 0 Å². The van der Waals surface area contributed by atoms with E-state index in [2.05, 4.69) is 27.8 Å². The van der Waals surface area contributed by atoms with Crippen LogP contribution in [-0.4, -0.2) is 15.2 Å². The van der Waals surface area contributed by atoms with E-state index in [0.29, 0.717) is 0 Å². The molecule has 14 heavy (non-hydrogen) atoms. The molecule has 0 saturated heterocycles. The van der Waals surface area contributed by atoms with E-state index in [9.17, 15) is 8.78 Å². The van der Waals surface area contributed by atoms with Crippen LogP contribution < -0.4 is 0 Å². The first-order valence-electron chi connectivity index (χ1n) is 3.74. The quantitative estimate of drug-likeness (QED) is 0.712. The average Bonchev–Trinajstić information content (AvgIpc) is 2.51. The van der Waals surface area contributed by atoms with Crippen molar-refractivity contribution in [2.45, 2.75) is 5.16 Å². The summed E-state index contributed by atoms with van der Waals surface area (Å²) in [5, 5.41) is 7.47. The molecule has 1 N–H and O–H groups in total. The fourth-order valence-corrected chi connectivity index (χ4v) is 1.21. The molecular formula is C8H5F2N3S. The van der Waals surface area contributed by atoms with Gasteiger partial charge in [-0.1, -0.05) is 0 Å². The number of nitrogens with one attached hydrogen (secondary N) is 1. The van der Waals surface area contributed by atoms with E-state index in [1.54, 1.807) is 0 Å². The van der Waals surface area contributed by atoms with Gasteiger partial charge in [0.15, 0.2) is 11.0 Å². The molecular weight excluding hydrogens is 208 g/mol. The van der Waals surface area contributed by atoms with Crippen LogP contribution in [0.15, 0.2) is 23.4 Å². The Balaban J connectivity index is 2.52. The van der Waals surface area contributed by atoms with Gasteiger partial charge in [-0.3, -0.25) is 0 Å². The minimum Gasteiger partial charge on any atom is -0.316 e. The molecule has 0 atom stereocenters. The molecule has 0 amide bonds. The molecule has 0 aliphatic heterocycles. The summed E-state index contributed by atoms with van der Waals surface area (Å²) in [7, 11) is 0. The van der Waals surface area contributed by atoms with Crippen LogP contribution in [0.5, 0.6) is 0 Å². The first-order valence-corrected chi connectivity index (χ1v) is 4.18. The van der Waals surface area contributed by atoms with Crippen molar-refractivity contribution >= 4 is 12.6 Å². The van der Waals surface area contributed by atoms with E-state index in [1.807, 2.05) is 0 Å². The predicted molar refractivity (Wildman–Crippen MR) is 49.0 cm³/mol. The largest absolute Gasteiger partial charge is 0.316 e. The molecule has 6 heteroatoms. The summed E-state index contributed by atoms with van der Waals surface area (Å²) in [5.41, 5.74) is 0.166. The van der Waals surface area contributed by atoms with E-state index in [0.717, 1.165) is 12.1 Å². The number of H-pyrrole nitrogens is 1. The Bertz CT molecular complexity index is 469. The van der Waals surface area contributed by atoms with E-state index in [-0.39, 0.29) is 16.5 Å². The Hall–Kier alpha value is -1.43. The van der Waals surface area contributed by atoms with Crippen molar-refractivity contribution in [2.24, 2.45) is 0 Å². The Morgan fingerprint density at radius 2 is 2.00 bits per heavy atom. The van der Waals surface area contributed by atoms with Crippen molar-refractivity contribution in [3.63, 3.8) is 0 Å². The smallest absolute Gasteiger partial charge is 0.185 e. The van der Waals surface area contributed by atoms with Gasteiger partial charge < -0.3 is 4.98 Å². The van der Waals surface area contributed by atoms with Crippen LogP contribution in [0.4, 0.5) is 8.78 Å². The molecule has 0 spiro atoms. The zero-order chi connectivity index (χ0) is 10.1. The van der Waals surface area contributed by atoms with Crippen LogP contribution >= 0.6 is 12.6 Å². The number of benzene rings is 1. The Kier molecular flexibility index (Phi) is 2.20. The third-order valence-corrected chi connectivity index (χ3v) is 1.86. The summed E-state index contributed by atoms with van der Waals surface area (Å²) in [4.78, 5) is 2.63. The molecule has 3 nitrogen and oxygen atoms in total. The van der Waals surface area contributed by atoms with Crippen LogP contribution in [0, 0.1) is 11.6 Å². The molecule has 72 valence electrons. The summed E-state index contributed by atoms with van der Waals surface area (Å²) >= 11 is 3.88. The fourth-order valence-electron chi connectivity index (χ4n) is 1.06. The van der Waals surface area contributed by atoms with Gasteiger partial charge in [0.25, 0.3) is 0 Å². The lowest BCUT2D eigenvalue weighted by Gasteiger charge is -1.97. The number of aromatic amines is 1. The molecule has 0 bridgehead atoms. The first-order chi connectivity index (χ1) is 6.66. The zero-order valence-corrected chi connectivity index (χ0v) is 7.72. The van der Waals surface area contributed by atoms with Crippen LogP contribution in [-0.2, 0) is 0 Å². The molecule has 1 aromatic heterocycles. The van der Waals surface area contributed by atoms with Gasteiger partial charge in [0.2, 0.25) is 0 Å². The van der Waals surface area contributed by atoms with Gasteiger partial charge in [-0.25, -0.2) is 8.78 Å². The number of hydrogen-bond donors (Lipinski definition) is 2. The molecule has 0 aliphatic carbocycles. The molecule has 0 saturated carbocycles. The van der Waals surface area contributed by atoms with Gasteiger partial charge in [-0.05, 0) is 12.1 Å². The number of nitrogens with zero attached hydrogens (tertiary/aromatic N) is 2.